The van der Waals surface area contributed by atoms with E-state index >= 15 is 0 Å². The average molecular weight is 474 g/mol. The zero-order chi connectivity index (χ0) is 24.7. The molecule has 0 heterocycles. The summed E-state index contributed by atoms with van der Waals surface area (Å²) >= 11 is 0. The van der Waals surface area contributed by atoms with Crippen LogP contribution in [0.5, 0.6) is 5.75 Å². The van der Waals surface area contributed by atoms with Gasteiger partial charge in [0.15, 0.2) is 0 Å². The highest BCUT2D eigenvalue weighted by Gasteiger charge is 2.32. The number of halogens is 3. The molecule has 1 amide bonds. The summed E-state index contributed by atoms with van der Waals surface area (Å²) in [6, 6.07) is 29.4. The van der Waals surface area contributed by atoms with Crippen LogP contribution in [0.25, 0.3) is 11.1 Å². The van der Waals surface area contributed by atoms with Crippen molar-refractivity contribution in [3.63, 3.8) is 0 Å². The maximum Gasteiger partial charge on any atom is 0.417 e. The van der Waals surface area contributed by atoms with Crippen molar-refractivity contribution in [3.05, 3.63) is 125 Å². The van der Waals surface area contributed by atoms with Gasteiger partial charge in [0.25, 0.3) is 5.91 Å². The van der Waals surface area contributed by atoms with E-state index in [0.29, 0.717) is 12.2 Å². The van der Waals surface area contributed by atoms with Crippen molar-refractivity contribution in [2.24, 2.45) is 5.10 Å². The number of hydrazone groups is 1. The van der Waals surface area contributed by atoms with Gasteiger partial charge in [-0.2, -0.15) is 18.3 Å². The third-order valence-electron chi connectivity index (χ3n) is 5.22. The Hall–Kier alpha value is -4.39. The van der Waals surface area contributed by atoms with Gasteiger partial charge in [0.2, 0.25) is 0 Å². The summed E-state index contributed by atoms with van der Waals surface area (Å²) in [6.45, 7) is 0.304. The van der Waals surface area contributed by atoms with E-state index in [-0.39, 0.29) is 5.56 Å². The molecule has 0 unspecified atom stereocenters. The molecule has 7 heteroatoms. The number of rotatable bonds is 7. The Labute approximate surface area is 200 Å². The van der Waals surface area contributed by atoms with Crippen LogP contribution < -0.4 is 10.2 Å². The van der Waals surface area contributed by atoms with Crippen molar-refractivity contribution in [2.75, 3.05) is 0 Å². The Kier molecular flexibility index (Phi) is 7.26. The van der Waals surface area contributed by atoms with Gasteiger partial charge in [-0.15, -0.1) is 0 Å². The fourth-order valence-electron chi connectivity index (χ4n) is 3.45. The predicted octanol–water partition coefficient (Wildman–Crippen LogP) is 6.72. The second kappa shape index (κ2) is 10.7. The number of carbonyl (C=O) groups excluding carboxylic acids is 1. The van der Waals surface area contributed by atoms with Crippen molar-refractivity contribution in [2.45, 2.75) is 12.8 Å². The van der Waals surface area contributed by atoms with Crippen LogP contribution in [0.15, 0.2) is 108 Å². The topological polar surface area (TPSA) is 50.7 Å². The summed E-state index contributed by atoms with van der Waals surface area (Å²) < 4.78 is 45.2. The van der Waals surface area contributed by atoms with E-state index in [1.165, 1.54) is 18.2 Å². The standard InChI is InChI=1S/C28H21F3N2O2/c29-28(30,31)25-12-6-4-10-23(25)18-32-33-27(34)22-16-14-20(15-17-22)19-35-26-13-7-5-11-24(26)21-8-2-1-3-9-21/h1-18H,19H2,(H,33,34)/b32-18+. The molecule has 4 aromatic rings. The number of para-hydroxylation sites is 1. The molecule has 0 aromatic heterocycles. The summed E-state index contributed by atoms with van der Waals surface area (Å²) in [7, 11) is 0. The number of hydrogen-bond donors (Lipinski definition) is 1. The number of ether oxygens (including phenoxy) is 1. The Morgan fingerprint density at radius 1 is 0.829 bits per heavy atom. The lowest BCUT2D eigenvalue weighted by Crippen LogP contribution is -2.18. The highest BCUT2D eigenvalue weighted by Crippen LogP contribution is 2.31. The summed E-state index contributed by atoms with van der Waals surface area (Å²) in [5.74, 6) is 0.210. The molecule has 4 aromatic carbocycles. The molecule has 35 heavy (non-hydrogen) atoms. The van der Waals surface area contributed by atoms with Crippen molar-refractivity contribution in [1.29, 1.82) is 0 Å². The smallest absolute Gasteiger partial charge is 0.417 e. The first-order valence-electron chi connectivity index (χ1n) is 10.8. The van der Waals surface area contributed by atoms with Crippen LogP contribution >= 0.6 is 0 Å². The van der Waals surface area contributed by atoms with Gasteiger partial charge in [-0.05, 0) is 35.4 Å². The van der Waals surface area contributed by atoms with Crippen LogP contribution in [0.2, 0.25) is 0 Å². The van der Waals surface area contributed by atoms with Crippen LogP contribution in [0.4, 0.5) is 13.2 Å². The van der Waals surface area contributed by atoms with Gasteiger partial charge in [0.05, 0.1) is 11.8 Å². The average Bonchev–Trinajstić information content (AvgIpc) is 2.88. The number of alkyl halides is 3. The first-order valence-corrected chi connectivity index (χ1v) is 10.8. The molecule has 0 radical (unpaired) electrons. The second-order valence-corrected chi connectivity index (χ2v) is 7.63. The van der Waals surface area contributed by atoms with Crippen LogP contribution in [0, 0.1) is 0 Å². The Balaban J connectivity index is 1.37. The van der Waals surface area contributed by atoms with Gasteiger partial charge in [-0.3, -0.25) is 4.79 Å². The van der Waals surface area contributed by atoms with Crippen LogP contribution in [0.3, 0.4) is 0 Å². The van der Waals surface area contributed by atoms with E-state index in [4.69, 9.17) is 4.74 Å². The number of hydrogen-bond acceptors (Lipinski definition) is 3. The van der Waals surface area contributed by atoms with E-state index in [0.717, 1.165) is 34.7 Å². The lowest BCUT2D eigenvalue weighted by atomic mass is 10.0. The number of benzene rings is 4. The monoisotopic (exact) mass is 474 g/mol. The molecule has 0 bridgehead atoms. The Bertz CT molecular complexity index is 1320. The van der Waals surface area contributed by atoms with E-state index in [1.54, 1.807) is 24.3 Å². The maximum absolute atomic E-state index is 13.1. The molecule has 0 atom stereocenters. The molecule has 1 N–H and O–H groups in total. The fourth-order valence-corrected chi connectivity index (χ4v) is 3.45. The third-order valence-corrected chi connectivity index (χ3v) is 5.22. The molecular formula is C28H21F3N2O2. The SMILES string of the molecule is O=C(N/N=C/c1ccccc1C(F)(F)F)c1ccc(COc2ccccc2-c2ccccc2)cc1. The van der Waals surface area contributed by atoms with Crippen molar-refractivity contribution in [3.8, 4) is 16.9 Å². The Morgan fingerprint density at radius 3 is 2.23 bits per heavy atom. The first-order chi connectivity index (χ1) is 16.9. The van der Waals surface area contributed by atoms with E-state index in [9.17, 15) is 18.0 Å². The molecule has 0 fully saturated rings. The van der Waals surface area contributed by atoms with Crippen molar-refractivity contribution < 1.29 is 22.7 Å². The minimum atomic E-state index is -4.51. The summed E-state index contributed by atoms with van der Waals surface area (Å²) in [5.41, 5.74) is 4.51. The molecule has 0 aliphatic heterocycles. The molecule has 0 saturated heterocycles. The number of nitrogens with one attached hydrogen (secondary N) is 1. The Morgan fingerprint density at radius 2 is 1.49 bits per heavy atom. The molecule has 0 saturated carbocycles. The number of amides is 1. The van der Waals surface area contributed by atoms with Gasteiger partial charge in [0.1, 0.15) is 12.4 Å². The lowest BCUT2D eigenvalue weighted by Gasteiger charge is -2.12. The molecule has 176 valence electrons. The van der Waals surface area contributed by atoms with Crippen molar-refractivity contribution in [1.82, 2.24) is 5.43 Å². The lowest BCUT2D eigenvalue weighted by molar-refractivity contribution is -0.137. The van der Waals surface area contributed by atoms with Gasteiger partial charge in [0, 0.05) is 16.7 Å². The molecule has 4 rings (SSSR count). The summed E-state index contributed by atoms with van der Waals surface area (Å²) in [4.78, 5) is 12.3. The zero-order valence-electron chi connectivity index (χ0n) is 18.5. The van der Waals surface area contributed by atoms with E-state index < -0.39 is 17.6 Å². The molecule has 0 aliphatic carbocycles. The largest absolute Gasteiger partial charge is 0.488 e. The van der Waals surface area contributed by atoms with Gasteiger partial charge in [-0.1, -0.05) is 78.9 Å². The molecule has 0 spiro atoms. The minimum absolute atomic E-state index is 0.136. The van der Waals surface area contributed by atoms with Crippen LogP contribution in [0.1, 0.15) is 27.0 Å². The normalized spacial score (nSPS) is 11.4. The number of nitrogens with zero attached hydrogens (tertiary/aromatic N) is 1. The van der Waals surface area contributed by atoms with Gasteiger partial charge < -0.3 is 4.74 Å². The van der Waals surface area contributed by atoms with Gasteiger partial charge in [-0.25, -0.2) is 5.43 Å². The summed E-state index contributed by atoms with van der Waals surface area (Å²) in [5, 5.41) is 3.68. The summed E-state index contributed by atoms with van der Waals surface area (Å²) in [6.07, 6.45) is -3.53. The quantitative estimate of drug-likeness (QED) is 0.239. The zero-order valence-corrected chi connectivity index (χ0v) is 18.5. The van der Waals surface area contributed by atoms with Crippen LogP contribution in [-0.2, 0) is 12.8 Å². The highest BCUT2D eigenvalue weighted by molar-refractivity contribution is 5.95. The highest BCUT2D eigenvalue weighted by atomic mass is 19.4. The minimum Gasteiger partial charge on any atom is -0.488 e. The van der Waals surface area contributed by atoms with Gasteiger partial charge >= 0.3 is 6.18 Å². The van der Waals surface area contributed by atoms with E-state index in [2.05, 4.69) is 10.5 Å². The second-order valence-electron chi connectivity index (χ2n) is 7.63. The van der Waals surface area contributed by atoms with E-state index in [1.807, 2.05) is 54.6 Å². The fraction of sp³-hybridized carbons (Fsp3) is 0.0714. The molecule has 0 aliphatic rings. The van der Waals surface area contributed by atoms with Crippen molar-refractivity contribution >= 4 is 12.1 Å². The third kappa shape index (κ3) is 6.14. The first kappa shape index (κ1) is 23.8. The van der Waals surface area contributed by atoms with Crippen LogP contribution in [-0.4, -0.2) is 12.1 Å². The predicted molar refractivity (Wildman–Crippen MR) is 129 cm³/mol. The maximum atomic E-state index is 13.1. The number of carbonyl (C=O) groups is 1. The molecule has 4 nitrogen and oxygen atoms in total. The molecular weight excluding hydrogens is 453 g/mol.